The van der Waals surface area contributed by atoms with Gasteiger partial charge in [0.25, 0.3) is 0 Å². The number of hydrogen-bond donors (Lipinski definition) is 2. The first-order chi connectivity index (χ1) is 12.1. The van der Waals surface area contributed by atoms with Crippen molar-refractivity contribution in [1.29, 1.82) is 0 Å². The number of cyclic esters (lactones) is 1. The minimum atomic E-state index is -0.596. The van der Waals surface area contributed by atoms with E-state index in [0.717, 1.165) is 0 Å². The van der Waals surface area contributed by atoms with Crippen LogP contribution in [0.1, 0.15) is 12.8 Å². The normalized spacial score (nSPS) is 21.9. The van der Waals surface area contributed by atoms with Crippen molar-refractivity contribution in [2.75, 3.05) is 36.5 Å². The highest BCUT2D eigenvalue weighted by atomic mass is 19.1. The standard InChI is InChI=1S/C16H20FN3O5/c17-14-7-12(20-8-13(9-21)25-16(20)23)1-2-15(14)18-11-3-5-19(6-4-11)24-10-22/h1-2,7,10-11,13,18,21H,3-6,8-9H2/t13-/m1/s1. The number of benzene rings is 1. The predicted octanol–water partition coefficient (Wildman–Crippen LogP) is 1.11. The second-order valence-corrected chi connectivity index (χ2v) is 6.01. The summed E-state index contributed by atoms with van der Waals surface area (Å²) in [5, 5.41) is 13.8. The predicted molar refractivity (Wildman–Crippen MR) is 86.5 cm³/mol. The summed E-state index contributed by atoms with van der Waals surface area (Å²) in [7, 11) is 0. The van der Waals surface area contributed by atoms with Crippen LogP contribution in [0.25, 0.3) is 0 Å². The Bertz CT molecular complexity index is 636. The average molecular weight is 353 g/mol. The smallest absolute Gasteiger partial charge is 0.414 e. The molecule has 2 aliphatic heterocycles. The van der Waals surface area contributed by atoms with E-state index in [1.165, 1.54) is 11.0 Å². The van der Waals surface area contributed by atoms with Gasteiger partial charge in [-0.3, -0.25) is 9.69 Å². The number of aliphatic hydroxyl groups excluding tert-OH is 1. The lowest BCUT2D eigenvalue weighted by Gasteiger charge is -2.30. The third-order valence-electron chi connectivity index (χ3n) is 4.35. The molecule has 2 aliphatic rings. The maximum Gasteiger partial charge on any atom is 0.414 e. The summed E-state index contributed by atoms with van der Waals surface area (Å²) in [6.07, 6.45) is 0.242. The molecule has 1 amide bonds. The minimum Gasteiger partial charge on any atom is -0.441 e. The maximum atomic E-state index is 14.4. The van der Waals surface area contributed by atoms with Crippen molar-refractivity contribution in [2.45, 2.75) is 25.0 Å². The van der Waals surface area contributed by atoms with Crippen LogP contribution in [0.15, 0.2) is 18.2 Å². The van der Waals surface area contributed by atoms with Crippen molar-refractivity contribution in [1.82, 2.24) is 5.06 Å². The van der Waals surface area contributed by atoms with E-state index in [1.807, 2.05) is 0 Å². The van der Waals surface area contributed by atoms with Gasteiger partial charge in [-0.2, -0.15) is 0 Å². The molecule has 2 N–H and O–H groups in total. The summed E-state index contributed by atoms with van der Waals surface area (Å²) in [6.45, 7) is 1.49. The molecule has 136 valence electrons. The largest absolute Gasteiger partial charge is 0.441 e. The Hall–Kier alpha value is -2.39. The van der Waals surface area contributed by atoms with E-state index in [4.69, 9.17) is 14.7 Å². The number of nitrogens with one attached hydrogen (secondary N) is 1. The third-order valence-corrected chi connectivity index (χ3v) is 4.35. The van der Waals surface area contributed by atoms with Crippen LogP contribution < -0.4 is 10.2 Å². The number of amides is 1. The van der Waals surface area contributed by atoms with Crippen LogP contribution in [0, 0.1) is 5.82 Å². The van der Waals surface area contributed by atoms with Gasteiger partial charge < -0.3 is 20.0 Å². The zero-order valence-corrected chi connectivity index (χ0v) is 13.6. The number of hydrogen-bond acceptors (Lipinski definition) is 7. The molecular weight excluding hydrogens is 333 g/mol. The number of halogens is 1. The molecule has 0 spiro atoms. The van der Waals surface area contributed by atoms with Gasteiger partial charge >= 0.3 is 12.6 Å². The van der Waals surface area contributed by atoms with Gasteiger partial charge in [0.15, 0.2) is 0 Å². The summed E-state index contributed by atoms with van der Waals surface area (Å²) >= 11 is 0. The van der Waals surface area contributed by atoms with Gasteiger partial charge in [0.05, 0.1) is 24.5 Å². The summed E-state index contributed by atoms with van der Waals surface area (Å²) in [5.41, 5.74) is 0.739. The highest BCUT2D eigenvalue weighted by Gasteiger charge is 2.32. The van der Waals surface area contributed by atoms with Crippen molar-refractivity contribution in [2.24, 2.45) is 0 Å². The van der Waals surface area contributed by atoms with Gasteiger partial charge in [0.1, 0.15) is 11.9 Å². The molecule has 25 heavy (non-hydrogen) atoms. The molecule has 0 unspecified atom stereocenters. The molecule has 0 aromatic heterocycles. The molecule has 0 radical (unpaired) electrons. The Morgan fingerprint density at radius 1 is 1.40 bits per heavy atom. The second kappa shape index (κ2) is 7.66. The summed E-state index contributed by atoms with van der Waals surface area (Å²) in [4.78, 5) is 28.2. The molecule has 1 atom stereocenters. The first-order valence-electron chi connectivity index (χ1n) is 8.11. The molecule has 1 aromatic rings. The lowest BCUT2D eigenvalue weighted by Crippen LogP contribution is -2.39. The van der Waals surface area contributed by atoms with E-state index in [9.17, 15) is 14.0 Å². The Morgan fingerprint density at radius 2 is 2.16 bits per heavy atom. The molecule has 0 saturated carbocycles. The van der Waals surface area contributed by atoms with Gasteiger partial charge in [0, 0.05) is 19.1 Å². The lowest BCUT2D eigenvalue weighted by atomic mass is 10.1. The minimum absolute atomic E-state index is 0.0716. The number of anilines is 2. The zero-order chi connectivity index (χ0) is 17.8. The fraction of sp³-hybridized carbons (Fsp3) is 0.500. The molecule has 0 aliphatic carbocycles. The van der Waals surface area contributed by atoms with Crippen LogP contribution in [0.4, 0.5) is 20.6 Å². The zero-order valence-electron chi connectivity index (χ0n) is 13.6. The van der Waals surface area contributed by atoms with Crippen molar-refractivity contribution in [3.8, 4) is 0 Å². The van der Waals surface area contributed by atoms with Crippen molar-refractivity contribution >= 4 is 23.9 Å². The first kappa shape index (κ1) is 17.4. The number of nitrogens with zero attached hydrogens (tertiary/aromatic N) is 2. The van der Waals surface area contributed by atoms with E-state index >= 15 is 0 Å². The van der Waals surface area contributed by atoms with Gasteiger partial charge in [-0.1, -0.05) is 0 Å². The van der Waals surface area contributed by atoms with E-state index < -0.39 is 18.0 Å². The molecule has 9 heteroatoms. The molecule has 2 fully saturated rings. The average Bonchev–Trinajstić information content (AvgIpc) is 2.99. The third kappa shape index (κ3) is 3.99. The van der Waals surface area contributed by atoms with Crippen LogP contribution >= 0.6 is 0 Å². The lowest BCUT2D eigenvalue weighted by molar-refractivity contribution is -0.178. The fourth-order valence-corrected chi connectivity index (χ4v) is 3.00. The van der Waals surface area contributed by atoms with Crippen molar-refractivity contribution < 1.29 is 28.7 Å². The summed E-state index contributed by atoms with van der Waals surface area (Å²) < 4.78 is 19.3. The highest BCUT2D eigenvalue weighted by Crippen LogP contribution is 2.27. The molecule has 1 aromatic carbocycles. The summed E-state index contributed by atoms with van der Waals surface area (Å²) in [6, 6.07) is 4.56. The molecule has 2 saturated heterocycles. The van der Waals surface area contributed by atoms with E-state index in [1.54, 1.807) is 17.2 Å². The Balaban J connectivity index is 1.61. The number of carbonyl (C=O) groups is 2. The van der Waals surface area contributed by atoms with Crippen LogP contribution in [0.3, 0.4) is 0 Å². The summed E-state index contributed by atoms with van der Waals surface area (Å²) in [5.74, 6) is -0.468. The fourth-order valence-electron chi connectivity index (χ4n) is 3.00. The SMILES string of the molecule is O=CON1CCC(Nc2ccc(N3C[C@H](CO)OC3=O)cc2F)CC1. The number of carbonyl (C=O) groups excluding carboxylic acids is 2. The van der Waals surface area contributed by atoms with Gasteiger partial charge in [0.2, 0.25) is 0 Å². The number of aliphatic hydroxyl groups is 1. The van der Waals surface area contributed by atoms with Gasteiger partial charge in [-0.25, -0.2) is 9.18 Å². The molecule has 2 heterocycles. The Morgan fingerprint density at radius 3 is 2.76 bits per heavy atom. The maximum absolute atomic E-state index is 14.4. The second-order valence-electron chi connectivity index (χ2n) is 6.01. The van der Waals surface area contributed by atoms with Crippen molar-refractivity contribution in [3.05, 3.63) is 24.0 Å². The number of ether oxygens (including phenoxy) is 1. The topological polar surface area (TPSA) is 91.3 Å². The monoisotopic (exact) mass is 353 g/mol. The van der Waals surface area contributed by atoms with Gasteiger partial charge in [-0.15, -0.1) is 5.06 Å². The molecule has 8 nitrogen and oxygen atoms in total. The van der Waals surface area contributed by atoms with Crippen LogP contribution in [0.2, 0.25) is 0 Å². The van der Waals surface area contributed by atoms with Crippen LogP contribution in [0.5, 0.6) is 0 Å². The molecule has 0 bridgehead atoms. The van der Waals surface area contributed by atoms with Crippen LogP contribution in [-0.4, -0.2) is 61.1 Å². The number of hydroxylamine groups is 2. The van der Waals surface area contributed by atoms with Crippen LogP contribution in [-0.2, 0) is 14.4 Å². The highest BCUT2D eigenvalue weighted by molar-refractivity contribution is 5.90. The number of rotatable bonds is 6. The quantitative estimate of drug-likeness (QED) is 0.740. The molecular formula is C16H20FN3O5. The van der Waals surface area contributed by atoms with E-state index in [2.05, 4.69) is 5.32 Å². The van der Waals surface area contributed by atoms with E-state index in [-0.39, 0.29) is 19.2 Å². The number of piperidine rings is 1. The Kier molecular flexibility index (Phi) is 5.34. The van der Waals surface area contributed by atoms with Gasteiger partial charge in [-0.05, 0) is 31.0 Å². The molecule has 3 rings (SSSR count). The van der Waals surface area contributed by atoms with Crippen molar-refractivity contribution in [3.63, 3.8) is 0 Å². The first-order valence-corrected chi connectivity index (χ1v) is 8.11. The van der Waals surface area contributed by atoms with E-state index in [0.29, 0.717) is 43.8 Å². The Labute approximate surface area is 144 Å².